The summed E-state index contributed by atoms with van der Waals surface area (Å²) in [6, 6.07) is 0. The number of hydrogen-bond acceptors (Lipinski definition) is 0. The topological polar surface area (TPSA) is 0 Å². The molecular weight excluding hydrogens is 204 g/mol. The molecule has 0 aromatic carbocycles. The van der Waals surface area contributed by atoms with Crippen LogP contribution in [0, 0.1) is 34.5 Å². The van der Waals surface area contributed by atoms with Crippen LogP contribution in [0.1, 0.15) is 74.7 Å². The third kappa shape index (κ3) is 3.73. The molecule has 0 aliphatic heterocycles. The lowest BCUT2D eigenvalue weighted by atomic mass is 9.56. The van der Waals surface area contributed by atoms with Crippen LogP contribution in [0.2, 0.25) is 0 Å². The summed E-state index contributed by atoms with van der Waals surface area (Å²) in [5, 5.41) is 0. The number of hydrogen-bond donors (Lipinski definition) is 0. The lowest BCUT2D eigenvalue weighted by molar-refractivity contribution is 0.00199. The van der Waals surface area contributed by atoms with Gasteiger partial charge in [-0.25, -0.2) is 0 Å². The van der Waals surface area contributed by atoms with E-state index in [-0.39, 0.29) is 0 Å². The quantitative estimate of drug-likeness (QED) is 0.544. The van der Waals surface area contributed by atoms with Crippen molar-refractivity contribution in [3.8, 4) is 0 Å². The molecule has 0 aromatic rings. The fourth-order valence-corrected chi connectivity index (χ4v) is 3.80. The van der Waals surface area contributed by atoms with Gasteiger partial charge >= 0.3 is 0 Å². The van der Waals surface area contributed by atoms with Crippen LogP contribution < -0.4 is 0 Å². The van der Waals surface area contributed by atoms with E-state index in [1.54, 1.807) is 0 Å². The SMILES string of the molecule is CC(C)C1CCC(C(C)(C)C)C(C(C)(C)C)C1. The van der Waals surface area contributed by atoms with Crippen molar-refractivity contribution in [2.45, 2.75) is 74.7 Å². The first kappa shape index (κ1) is 15.1. The summed E-state index contributed by atoms with van der Waals surface area (Å²) in [5.41, 5.74) is 0.936. The first-order valence-electron chi connectivity index (χ1n) is 7.53. The molecule has 1 aliphatic rings. The van der Waals surface area contributed by atoms with E-state index >= 15 is 0 Å². The smallest absolute Gasteiger partial charge is 0.0329 e. The van der Waals surface area contributed by atoms with Crippen molar-refractivity contribution in [3.63, 3.8) is 0 Å². The first-order valence-corrected chi connectivity index (χ1v) is 7.53. The van der Waals surface area contributed by atoms with Gasteiger partial charge in [0.2, 0.25) is 0 Å². The van der Waals surface area contributed by atoms with E-state index in [1.807, 2.05) is 0 Å². The summed E-state index contributed by atoms with van der Waals surface area (Å²) < 4.78 is 0. The highest BCUT2D eigenvalue weighted by atomic mass is 14.5. The first-order chi connectivity index (χ1) is 7.53. The molecule has 0 spiro atoms. The van der Waals surface area contributed by atoms with Crippen molar-refractivity contribution >= 4 is 0 Å². The summed E-state index contributed by atoms with van der Waals surface area (Å²) in [6.07, 6.45) is 4.34. The molecule has 0 N–H and O–H groups in total. The summed E-state index contributed by atoms with van der Waals surface area (Å²) in [6.45, 7) is 19.4. The highest BCUT2D eigenvalue weighted by Crippen LogP contribution is 2.51. The van der Waals surface area contributed by atoms with Gasteiger partial charge in [-0.2, -0.15) is 0 Å². The highest BCUT2D eigenvalue weighted by molar-refractivity contribution is 4.92. The Morgan fingerprint density at radius 3 is 1.59 bits per heavy atom. The molecule has 0 aromatic heterocycles. The minimum absolute atomic E-state index is 0.464. The molecule has 0 heteroatoms. The molecule has 0 heterocycles. The Morgan fingerprint density at radius 1 is 0.765 bits per heavy atom. The summed E-state index contributed by atoms with van der Waals surface area (Å²) >= 11 is 0. The summed E-state index contributed by atoms with van der Waals surface area (Å²) in [5.74, 6) is 3.61. The Bertz CT molecular complexity index is 236. The molecule has 1 saturated carbocycles. The fraction of sp³-hybridized carbons (Fsp3) is 1.00. The Balaban J connectivity index is 2.88. The molecule has 1 fully saturated rings. The van der Waals surface area contributed by atoms with E-state index in [0.717, 1.165) is 23.7 Å². The lowest BCUT2D eigenvalue weighted by Crippen LogP contribution is -2.41. The van der Waals surface area contributed by atoms with Gasteiger partial charge in [0.25, 0.3) is 0 Å². The summed E-state index contributed by atoms with van der Waals surface area (Å²) in [7, 11) is 0. The molecule has 3 unspecified atom stereocenters. The molecule has 1 rings (SSSR count). The third-order valence-electron chi connectivity index (χ3n) is 5.06. The minimum Gasteiger partial charge on any atom is -0.0625 e. The van der Waals surface area contributed by atoms with Crippen LogP contribution in [0.25, 0.3) is 0 Å². The van der Waals surface area contributed by atoms with Crippen molar-refractivity contribution in [2.75, 3.05) is 0 Å². The molecule has 17 heavy (non-hydrogen) atoms. The zero-order valence-corrected chi connectivity index (χ0v) is 13.4. The predicted molar refractivity (Wildman–Crippen MR) is 78.1 cm³/mol. The third-order valence-corrected chi connectivity index (χ3v) is 5.06. The van der Waals surface area contributed by atoms with E-state index in [2.05, 4.69) is 55.4 Å². The zero-order valence-electron chi connectivity index (χ0n) is 13.4. The molecule has 0 amide bonds. The number of rotatable bonds is 1. The van der Waals surface area contributed by atoms with Gasteiger partial charge in [0.1, 0.15) is 0 Å². The van der Waals surface area contributed by atoms with Crippen molar-refractivity contribution in [2.24, 2.45) is 34.5 Å². The van der Waals surface area contributed by atoms with E-state index < -0.39 is 0 Å². The fourth-order valence-electron chi connectivity index (χ4n) is 3.80. The second kappa shape index (κ2) is 4.94. The Kier molecular flexibility index (Phi) is 4.37. The molecule has 0 nitrogen and oxygen atoms in total. The van der Waals surface area contributed by atoms with Crippen LogP contribution in [-0.4, -0.2) is 0 Å². The van der Waals surface area contributed by atoms with Crippen molar-refractivity contribution in [1.82, 2.24) is 0 Å². The van der Waals surface area contributed by atoms with Crippen LogP contribution in [0.3, 0.4) is 0 Å². The molecule has 3 atom stereocenters. The Hall–Kier alpha value is 0. The van der Waals surface area contributed by atoms with Gasteiger partial charge in [0, 0.05) is 0 Å². The normalized spacial score (nSPS) is 31.9. The second-order valence-electron chi connectivity index (χ2n) is 8.76. The molecule has 0 saturated heterocycles. The van der Waals surface area contributed by atoms with Crippen LogP contribution in [0.4, 0.5) is 0 Å². The van der Waals surface area contributed by atoms with Crippen LogP contribution in [0.5, 0.6) is 0 Å². The van der Waals surface area contributed by atoms with E-state index in [0.29, 0.717) is 10.8 Å². The van der Waals surface area contributed by atoms with Crippen LogP contribution >= 0.6 is 0 Å². The van der Waals surface area contributed by atoms with Crippen molar-refractivity contribution in [1.29, 1.82) is 0 Å². The summed E-state index contributed by atoms with van der Waals surface area (Å²) in [4.78, 5) is 0. The maximum Gasteiger partial charge on any atom is -0.0329 e. The van der Waals surface area contributed by atoms with Gasteiger partial charge in [0.15, 0.2) is 0 Å². The van der Waals surface area contributed by atoms with Gasteiger partial charge in [-0.1, -0.05) is 55.4 Å². The largest absolute Gasteiger partial charge is 0.0625 e. The van der Waals surface area contributed by atoms with E-state index in [1.165, 1.54) is 19.3 Å². The van der Waals surface area contributed by atoms with Crippen molar-refractivity contribution in [3.05, 3.63) is 0 Å². The van der Waals surface area contributed by atoms with Gasteiger partial charge in [-0.05, 0) is 53.8 Å². The van der Waals surface area contributed by atoms with Gasteiger partial charge < -0.3 is 0 Å². The van der Waals surface area contributed by atoms with Gasteiger partial charge in [-0.15, -0.1) is 0 Å². The van der Waals surface area contributed by atoms with Crippen molar-refractivity contribution < 1.29 is 0 Å². The molecular formula is C17H34. The molecule has 1 aliphatic carbocycles. The highest BCUT2D eigenvalue weighted by Gasteiger charge is 2.42. The molecule has 0 radical (unpaired) electrons. The maximum absolute atomic E-state index is 2.44. The Labute approximate surface area is 110 Å². The lowest BCUT2D eigenvalue weighted by Gasteiger charge is -2.49. The van der Waals surface area contributed by atoms with E-state index in [4.69, 9.17) is 0 Å². The molecule has 0 bridgehead atoms. The predicted octanol–water partition coefficient (Wildman–Crippen LogP) is 5.77. The zero-order chi connectivity index (χ0) is 13.4. The average molecular weight is 238 g/mol. The second-order valence-corrected chi connectivity index (χ2v) is 8.76. The van der Waals surface area contributed by atoms with Gasteiger partial charge in [-0.3, -0.25) is 0 Å². The monoisotopic (exact) mass is 238 g/mol. The van der Waals surface area contributed by atoms with Gasteiger partial charge in [0.05, 0.1) is 0 Å². The molecule has 102 valence electrons. The standard InChI is InChI=1S/C17H34/c1-12(2)13-9-10-14(16(3,4)5)15(11-13)17(6,7)8/h12-15H,9-11H2,1-8H3. The average Bonchev–Trinajstić information content (AvgIpc) is 2.14. The minimum atomic E-state index is 0.464. The van der Waals surface area contributed by atoms with Crippen LogP contribution in [0.15, 0.2) is 0 Å². The van der Waals surface area contributed by atoms with Crippen LogP contribution in [-0.2, 0) is 0 Å². The Morgan fingerprint density at radius 2 is 1.24 bits per heavy atom. The maximum atomic E-state index is 2.44. The van der Waals surface area contributed by atoms with E-state index in [9.17, 15) is 0 Å².